The second-order valence-corrected chi connectivity index (χ2v) is 4.75. The van der Waals surface area contributed by atoms with Gasteiger partial charge in [0, 0.05) is 24.3 Å². The van der Waals surface area contributed by atoms with E-state index >= 15 is 0 Å². The predicted octanol–water partition coefficient (Wildman–Crippen LogP) is 3.83. The molecule has 3 nitrogen and oxygen atoms in total. The van der Waals surface area contributed by atoms with Crippen molar-refractivity contribution in [3.63, 3.8) is 0 Å². The van der Waals surface area contributed by atoms with Gasteiger partial charge in [-0.05, 0) is 42.3 Å². The molecule has 2 aromatic carbocycles. The van der Waals surface area contributed by atoms with Gasteiger partial charge >= 0.3 is 0 Å². The lowest BCUT2D eigenvalue weighted by Gasteiger charge is -2.09. The van der Waals surface area contributed by atoms with Gasteiger partial charge in [-0.2, -0.15) is 0 Å². The highest BCUT2D eigenvalue weighted by molar-refractivity contribution is 5.90. The van der Waals surface area contributed by atoms with E-state index in [2.05, 4.69) is 10.6 Å². The first-order valence-electron chi connectivity index (χ1n) is 7.06. The van der Waals surface area contributed by atoms with Gasteiger partial charge in [-0.25, -0.2) is 4.39 Å². The average molecular weight is 286 g/mol. The van der Waals surface area contributed by atoms with Crippen LogP contribution in [0.25, 0.3) is 0 Å². The number of amides is 1. The van der Waals surface area contributed by atoms with E-state index in [4.69, 9.17) is 0 Å². The number of halogens is 1. The summed E-state index contributed by atoms with van der Waals surface area (Å²) in [5.41, 5.74) is 2.43. The summed E-state index contributed by atoms with van der Waals surface area (Å²) < 4.78 is 13.5. The van der Waals surface area contributed by atoms with E-state index in [0.717, 1.165) is 11.4 Å². The van der Waals surface area contributed by atoms with Gasteiger partial charge in [0.1, 0.15) is 5.82 Å². The zero-order valence-electron chi connectivity index (χ0n) is 12.0. The monoisotopic (exact) mass is 286 g/mol. The summed E-state index contributed by atoms with van der Waals surface area (Å²) in [4.78, 5) is 11.3. The van der Waals surface area contributed by atoms with Crippen molar-refractivity contribution in [2.45, 2.75) is 19.8 Å². The lowest BCUT2D eigenvalue weighted by atomic mass is 10.1. The first-order chi connectivity index (χ1) is 10.2. The van der Waals surface area contributed by atoms with Crippen molar-refractivity contribution < 1.29 is 9.18 Å². The Balaban J connectivity index is 1.84. The Morgan fingerprint density at radius 2 is 1.71 bits per heavy atom. The molecule has 0 fully saturated rings. The maximum Gasteiger partial charge on any atom is 0.224 e. The molecule has 0 aliphatic carbocycles. The van der Waals surface area contributed by atoms with Crippen molar-refractivity contribution in [2.75, 3.05) is 17.2 Å². The predicted molar refractivity (Wildman–Crippen MR) is 84.0 cm³/mol. The second-order valence-electron chi connectivity index (χ2n) is 4.75. The number of carbonyl (C=O) groups excluding carboxylic acids is 1. The van der Waals surface area contributed by atoms with Crippen LogP contribution in [0, 0.1) is 5.82 Å². The largest absolute Gasteiger partial charge is 0.385 e. The Bertz CT molecular complexity index is 596. The van der Waals surface area contributed by atoms with Crippen LogP contribution in [0.3, 0.4) is 0 Å². The van der Waals surface area contributed by atoms with Crippen LogP contribution in [-0.2, 0) is 11.2 Å². The van der Waals surface area contributed by atoms with Crippen LogP contribution in [0.15, 0.2) is 48.5 Å². The van der Waals surface area contributed by atoms with Crippen LogP contribution in [0.5, 0.6) is 0 Å². The van der Waals surface area contributed by atoms with Crippen LogP contribution in [0.1, 0.15) is 18.9 Å². The summed E-state index contributed by atoms with van der Waals surface area (Å²) in [6.07, 6.45) is 1.09. The summed E-state index contributed by atoms with van der Waals surface area (Å²) in [6.45, 7) is 2.47. The number of rotatable bonds is 6. The summed E-state index contributed by atoms with van der Waals surface area (Å²) >= 11 is 0. The van der Waals surface area contributed by atoms with E-state index in [1.165, 1.54) is 6.07 Å². The molecule has 0 heterocycles. The van der Waals surface area contributed by atoms with Crippen molar-refractivity contribution >= 4 is 17.3 Å². The first kappa shape index (κ1) is 15.0. The Labute approximate surface area is 124 Å². The van der Waals surface area contributed by atoms with E-state index in [1.54, 1.807) is 12.1 Å². The molecule has 0 aliphatic rings. The molecule has 2 rings (SSSR count). The molecule has 1 amide bonds. The molecule has 2 N–H and O–H groups in total. The molecular weight excluding hydrogens is 267 g/mol. The SMILES string of the molecule is CCC(=O)Nc1ccc(NCCc2ccccc2F)cc1. The number of anilines is 2. The summed E-state index contributed by atoms with van der Waals surface area (Å²) in [5.74, 6) is -0.174. The molecule has 0 aliphatic heterocycles. The fraction of sp³-hybridized carbons (Fsp3) is 0.235. The lowest BCUT2D eigenvalue weighted by Crippen LogP contribution is -2.09. The van der Waals surface area contributed by atoms with Gasteiger partial charge in [0.15, 0.2) is 0 Å². The Kier molecular flexibility index (Phi) is 5.32. The van der Waals surface area contributed by atoms with E-state index in [0.29, 0.717) is 24.9 Å². The van der Waals surface area contributed by atoms with Crippen LogP contribution in [0.2, 0.25) is 0 Å². The maximum atomic E-state index is 13.5. The number of carbonyl (C=O) groups is 1. The molecule has 0 aromatic heterocycles. The number of benzene rings is 2. The molecule has 2 aromatic rings. The molecule has 0 unspecified atom stereocenters. The van der Waals surface area contributed by atoms with Crippen molar-refractivity contribution in [3.05, 3.63) is 59.9 Å². The third kappa shape index (κ3) is 4.60. The standard InChI is InChI=1S/C17H19FN2O/c1-2-17(21)20-15-9-7-14(8-10-15)19-12-11-13-5-3-4-6-16(13)18/h3-10,19H,2,11-12H2,1H3,(H,20,21). The number of nitrogens with one attached hydrogen (secondary N) is 2. The topological polar surface area (TPSA) is 41.1 Å². The first-order valence-corrected chi connectivity index (χ1v) is 7.06. The normalized spacial score (nSPS) is 10.2. The van der Waals surface area contributed by atoms with Crippen molar-refractivity contribution in [3.8, 4) is 0 Å². The summed E-state index contributed by atoms with van der Waals surface area (Å²) in [6, 6.07) is 14.3. The van der Waals surface area contributed by atoms with E-state index in [-0.39, 0.29) is 11.7 Å². The van der Waals surface area contributed by atoms with Crippen LogP contribution in [0.4, 0.5) is 15.8 Å². The highest BCUT2D eigenvalue weighted by Gasteiger charge is 2.01. The summed E-state index contributed by atoms with van der Waals surface area (Å²) in [5, 5.41) is 6.03. The number of hydrogen-bond donors (Lipinski definition) is 2. The van der Waals surface area contributed by atoms with Gasteiger partial charge in [-0.1, -0.05) is 25.1 Å². The molecule has 0 radical (unpaired) electrons. The second kappa shape index (κ2) is 7.43. The lowest BCUT2D eigenvalue weighted by molar-refractivity contribution is -0.115. The number of hydrogen-bond acceptors (Lipinski definition) is 2. The third-order valence-electron chi connectivity index (χ3n) is 3.17. The van der Waals surface area contributed by atoms with Crippen LogP contribution < -0.4 is 10.6 Å². The minimum absolute atomic E-state index is 0.00439. The van der Waals surface area contributed by atoms with Gasteiger partial charge in [0.25, 0.3) is 0 Å². The fourth-order valence-corrected chi connectivity index (χ4v) is 1.96. The van der Waals surface area contributed by atoms with Crippen molar-refractivity contribution in [2.24, 2.45) is 0 Å². The van der Waals surface area contributed by atoms with Crippen molar-refractivity contribution in [1.29, 1.82) is 0 Å². The molecule has 0 spiro atoms. The Morgan fingerprint density at radius 1 is 1.05 bits per heavy atom. The van der Waals surface area contributed by atoms with Gasteiger partial charge in [-0.15, -0.1) is 0 Å². The quantitative estimate of drug-likeness (QED) is 0.847. The van der Waals surface area contributed by atoms with Gasteiger partial charge in [-0.3, -0.25) is 4.79 Å². The minimum Gasteiger partial charge on any atom is -0.385 e. The van der Waals surface area contributed by atoms with E-state index in [9.17, 15) is 9.18 Å². The van der Waals surface area contributed by atoms with Crippen LogP contribution in [-0.4, -0.2) is 12.5 Å². The third-order valence-corrected chi connectivity index (χ3v) is 3.17. The maximum absolute atomic E-state index is 13.5. The average Bonchev–Trinajstić information content (AvgIpc) is 2.51. The van der Waals surface area contributed by atoms with Gasteiger partial charge in [0.05, 0.1) is 0 Å². The Hall–Kier alpha value is -2.36. The van der Waals surface area contributed by atoms with E-state index < -0.39 is 0 Å². The fourth-order valence-electron chi connectivity index (χ4n) is 1.96. The molecule has 0 atom stereocenters. The molecular formula is C17H19FN2O. The van der Waals surface area contributed by atoms with E-state index in [1.807, 2.05) is 37.3 Å². The zero-order valence-corrected chi connectivity index (χ0v) is 12.0. The molecule has 110 valence electrons. The highest BCUT2D eigenvalue weighted by atomic mass is 19.1. The Morgan fingerprint density at radius 3 is 2.38 bits per heavy atom. The van der Waals surface area contributed by atoms with Gasteiger partial charge < -0.3 is 10.6 Å². The molecule has 0 saturated heterocycles. The molecule has 0 bridgehead atoms. The minimum atomic E-state index is -0.170. The molecule has 0 saturated carbocycles. The molecule has 21 heavy (non-hydrogen) atoms. The molecule has 4 heteroatoms. The smallest absolute Gasteiger partial charge is 0.224 e. The van der Waals surface area contributed by atoms with Crippen LogP contribution >= 0.6 is 0 Å². The summed E-state index contributed by atoms with van der Waals surface area (Å²) in [7, 11) is 0. The highest BCUT2D eigenvalue weighted by Crippen LogP contribution is 2.14. The van der Waals surface area contributed by atoms with Crippen molar-refractivity contribution in [1.82, 2.24) is 0 Å². The zero-order chi connectivity index (χ0) is 15.1. The van der Waals surface area contributed by atoms with Gasteiger partial charge in [0.2, 0.25) is 5.91 Å².